The molecule has 1 saturated heterocycles. The van der Waals surface area contributed by atoms with Crippen LogP contribution in [0.1, 0.15) is 44.0 Å². The second-order valence-corrected chi connectivity index (χ2v) is 9.67. The Labute approximate surface area is 195 Å². The van der Waals surface area contributed by atoms with Gasteiger partial charge in [-0.3, -0.25) is 0 Å². The number of carbonyl (C=O) groups excluding carboxylic acids is 1. The minimum atomic E-state index is -0.493. The summed E-state index contributed by atoms with van der Waals surface area (Å²) in [4.78, 5) is 18.5. The smallest absolute Gasteiger partial charge is 0.410 e. The van der Waals surface area contributed by atoms with Crippen LogP contribution in [0.3, 0.4) is 0 Å². The first kappa shape index (κ1) is 23.4. The molecule has 4 heterocycles. The largest absolute Gasteiger partial charge is 0.481 e. The molecule has 0 bridgehead atoms. The van der Waals surface area contributed by atoms with E-state index < -0.39 is 5.60 Å². The zero-order valence-electron chi connectivity index (χ0n) is 20.2. The van der Waals surface area contributed by atoms with Gasteiger partial charge in [-0.1, -0.05) is 0 Å². The summed E-state index contributed by atoms with van der Waals surface area (Å²) in [7, 11) is 1.62. The van der Waals surface area contributed by atoms with Crippen molar-refractivity contribution < 1.29 is 23.7 Å². The van der Waals surface area contributed by atoms with Crippen molar-refractivity contribution in [2.45, 2.75) is 52.6 Å². The Morgan fingerprint density at radius 1 is 1.24 bits per heavy atom. The van der Waals surface area contributed by atoms with Gasteiger partial charge in [0.15, 0.2) is 0 Å². The Balaban J connectivity index is 1.48. The molecule has 4 rings (SSSR count). The maximum Gasteiger partial charge on any atom is 0.410 e. The van der Waals surface area contributed by atoms with Gasteiger partial charge in [0.25, 0.3) is 0 Å². The van der Waals surface area contributed by atoms with Crippen molar-refractivity contribution in [2.24, 2.45) is 5.92 Å². The quantitative estimate of drug-likeness (QED) is 0.679. The number of aryl methyl sites for hydroxylation is 1. The Kier molecular flexibility index (Phi) is 6.78. The third kappa shape index (κ3) is 5.40. The summed E-state index contributed by atoms with van der Waals surface area (Å²) in [6.07, 6.45) is 3.90. The van der Waals surface area contributed by atoms with E-state index in [0.717, 1.165) is 41.8 Å². The van der Waals surface area contributed by atoms with Crippen molar-refractivity contribution in [1.82, 2.24) is 19.7 Å². The predicted molar refractivity (Wildman–Crippen MR) is 122 cm³/mol. The molecule has 0 aromatic carbocycles. The first-order valence-electron chi connectivity index (χ1n) is 11.6. The van der Waals surface area contributed by atoms with E-state index in [4.69, 9.17) is 24.0 Å². The van der Waals surface area contributed by atoms with Crippen LogP contribution in [0.4, 0.5) is 4.79 Å². The first-order chi connectivity index (χ1) is 15.7. The van der Waals surface area contributed by atoms with Crippen molar-refractivity contribution in [3.63, 3.8) is 0 Å². The number of hydrogen-bond acceptors (Lipinski definition) is 7. The number of methoxy groups -OCH3 is 1. The van der Waals surface area contributed by atoms with Crippen LogP contribution in [0.2, 0.25) is 0 Å². The molecular formula is C24H34N4O5. The van der Waals surface area contributed by atoms with E-state index in [2.05, 4.69) is 4.98 Å². The molecule has 33 heavy (non-hydrogen) atoms. The Hall–Kier alpha value is -2.81. The minimum absolute atomic E-state index is 0.241. The van der Waals surface area contributed by atoms with Crippen LogP contribution < -0.4 is 9.47 Å². The molecule has 2 aromatic heterocycles. The summed E-state index contributed by atoms with van der Waals surface area (Å²) in [5, 5.41) is 4.82. The lowest BCUT2D eigenvalue weighted by Crippen LogP contribution is -2.35. The molecule has 0 aliphatic carbocycles. The van der Waals surface area contributed by atoms with Gasteiger partial charge in [-0.25, -0.2) is 14.5 Å². The fourth-order valence-electron chi connectivity index (χ4n) is 4.28. The van der Waals surface area contributed by atoms with Gasteiger partial charge in [-0.15, -0.1) is 5.10 Å². The lowest BCUT2D eigenvalue weighted by Gasteiger charge is -2.24. The van der Waals surface area contributed by atoms with E-state index in [-0.39, 0.29) is 12.0 Å². The van der Waals surface area contributed by atoms with E-state index in [1.807, 2.05) is 38.4 Å². The van der Waals surface area contributed by atoms with Gasteiger partial charge in [-0.05, 0) is 40.2 Å². The summed E-state index contributed by atoms with van der Waals surface area (Å²) in [5.41, 5.74) is 3.50. The van der Waals surface area contributed by atoms with Crippen LogP contribution >= 0.6 is 0 Å². The normalized spacial score (nSPS) is 18.6. The molecule has 180 valence electrons. The number of ether oxygens (including phenoxy) is 4. The number of rotatable bonds is 5. The first-order valence-corrected chi connectivity index (χ1v) is 11.6. The van der Waals surface area contributed by atoms with Gasteiger partial charge in [0.05, 0.1) is 44.5 Å². The summed E-state index contributed by atoms with van der Waals surface area (Å²) in [6.45, 7) is 10.7. The lowest BCUT2D eigenvalue weighted by atomic mass is 10.1. The molecule has 9 heteroatoms. The van der Waals surface area contributed by atoms with Crippen molar-refractivity contribution in [3.8, 4) is 17.4 Å². The SMILES string of the molecule is COc1ncc(-n2nc(OCC3CCN(C(=O)OC(C)(C)C)C3)c3c2CCOCC3)cc1C. The van der Waals surface area contributed by atoms with Gasteiger partial charge in [-0.2, -0.15) is 0 Å². The highest BCUT2D eigenvalue weighted by Crippen LogP contribution is 2.30. The Morgan fingerprint density at radius 3 is 2.76 bits per heavy atom. The highest BCUT2D eigenvalue weighted by atomic mass is 16.6. The number of fused-ring (bicyclic) bond motifs is 1. The zero-order valence-corrected chi connectivity index (χ0v) is 20.2. The predicted octanol–water partition coefficient (Wildman–Crippen LogP) is 3.34. The maximum atomic E-state index is 12.4. The molecule has 1 atom stereocenters. The molecule has 0 spiro atoms. The third-order valence-corrected chi connectivity index (χ3v) is 5.88. The second-order valence-electron chi connectivity index (χ2n) is 9.67. The summed E-state index contributed by atoms with van der Waals surface area (Å²) < 4.78 is 24.7. The van der Waals surface area contributed by atoms with Crippen molar-refractivity contribution in [2.75, 3.05) is 40.0 Å². The zero-order chi connectivity index (χ0) is 23.6. The molecule has 0 radical (unpaired) electrons. The van der Waals surface area contributed by atoms with Crippen molar-refractivity contribution in [1.29, 1.82) is 0 Å². The maximum absolute atomic E-state index is 12.4. The summed E-state index contributed by atoms with van der Waals surface area (Å²) in [6, 6.07) is 2.02. The lowest BCUT2D eigenvalue weighted by molar-refractivity contribution is 0.0284. The van der Waals surface area contributed by atoms with E-state index in [1.54, 1.807) is 18.2 Å². The van der Waals surface area contributed by atoms with Crippen LogP contribution in [-0.4, -0.2) is 71.4 Å². The number of carbonyl (C=O) groups is 1. The fraction of sp³-hybridized carbons (Fsp3) is 0.625. The minimum Gasteiger partial charge on any atom is -0.481 e. The molecule has 0 N–H and O–H groups in total. The average Bonchev–Trinajstić information content (AvgIpc) is 3.28. The van der Waals surface area contributed by atoms with E-state index >= 15 is 0 Å². The molecule has 2 aliphatic rings. The number of likely N-dealkylation sites (tertiary alicyclic amines) is 1. The van der Waals surface area contributed by atoms with Crippen LogP contribution in [0.15, 0.2) is 12.3 Å². The van der Waals surface area contributed by atoms with Crippen LogP contribution in [0.5, 0.6) is 11.8 Å². The highest BCUT2D eigenvalue weighted by molar-refractivity contribution is 5.68. The monoisotopic (exact) mass is 458 g/mol. The van der Waals surface area contributed by atoms with E-state index in [9.17, 15) is 4.79 Å². The molecule has 1 amide bonds. The van der Waals surface area contributed by atoms with Gasteiger partial charge in [0.2, 0.25) is 11.8 Å². The number of hydrogen-bond donors (Lipinski definition) is 0. The van der Waals surface area contributed by atoms with Crippen molar-refractivity contribution >= 4 is 6.09 Å². The number of pyridine rings is 1. The standard InChI is InChI=1S/C24H34N4O5/c1-16-12-18(13-25-21(16)30-5)28-20-8-11-31-10-7-19(20)22(26-28)32-15-17-6-9-27(14-17)23(29)33-24(2,3)4/h12-13,17H,6-11,14-15H2,1-5H3. The molecule has 0 saturated carbocycles. The van der Waals surface area contributed by atoms with Crippen LogP contribution in [0, 0.1) is 12.8 Å². The van der Waals surface area contributed by atoms with Gasteiger partial charge >= 0.3 is 6.09 Å². The van der Waals surface area contributed by atoms with Crippen LogP contribution in [-0.2, 0) is 22.3 Å². The van der Waals surface area contributed by atoms with Gasteiger partial charge in [0, 0.05) is 43.0 Å². The highest BCUT2D eigenvalue weighted by Gasteiger charge is 2.31. The van der Waals surface area contributed by atoms with Crippen LogP contribution in [0.25, 0.3) is 5.69 Å². The third-order valence-electron chi connectivity index (χ3n) is 5.88. The molecule has 2 aliphatic heterocycles. The molecule has 1 unspecified atom stereocenters. The second kappa shape index (κ2) is 9.59. The Bertz CT molecular complexity index is 997. The average molecular weight is 459 g/mol. The summed E-state index contributed by atoms with van der Waals surface area (Å²) >= 11 is 0. The molecular weight excluding hydrogens is 424 g/mol. The Morgan fingerprint density at radius 2 is 2.03 bits per heavy atom. The molecule has 9 nitrogen and oxygen atoms in total. The van der Waals surface area contributed by atoms with Gasteiger partial charge in [0.1, 0.15) is 5.60 Å². The molecule has 2 aromatic rings. The van der Waals surface area contributed by atoms with Crippen molar-refractivity contribution in [3.05, 3.63) is 29.1 Å². The number of aromatic nitrogens is 3. The van der Waals surface area contributed by atoms with E-state index in [0.29, 0.717) is 44.7 Å². The molecule has 1 fully saturated rings. The fourth-order valence-corrected chi connectivity index (χ4v) is 4.28. The van der Waals surface area contributed by atoms with E-state index in [1.165, 1.54) is 0 Å². The number of amides is 1. The van der Waals surface area contributed by atoms with Gasteiger partial charge < -0.3 is 23.8 Å². The summed E-state index contributed by atoms with van der Waals surface area (Å²) in [5.74, 6) is 1.48. The topological polar surface area (TPSA) is 87.9 Å². The number of nitrogens with zero attached hydrogens (tertiary/aromatic N) is 4.